The van der Waals surface area contributed by atoms with Crippen molar-refractivity contribution in [3.8, 4) is 0 Å². The lowest BCUT2D eigenvalue weighted by Gasteiger charge is -2.08. The third kappa shape index (κ3) is 5.00. The van der Waals surface area contributed by atoms with Crippen molar-refractivity contribution < 1.29 is 9.13 Å². The van der Waals surface area contributed by atoms with Gasteiger partial charge in [-0.3, -0.25) is 0 Å². The summed E-state index contributed by atoms with van der Waals surface area (Å²) in [5.74, 6) is 1.24. The van der Waals surface area contributed by atoms with E-state index in [4.69, 9.17) is 9.98 Å². The van der Waals surface area contributed by atoms with Gasteiger partial charge >= 0.3 is 0 Å². The standard InChI is InChI=1S/C34H26N8/c1-3-15-31-25(9-1)11-7-19-41(31)27-21-37-29-13-5-18-36-34(29)40-24-28(22-38-30-14-6-17-35-33(30)39-23-27)42-20-8-12-26-10-2-4-16-32(26)42/h1-24H,(H,35,39)(H,36,40)/q+2/b27-23+,28-24+,37-21?,38-22?. The van der Waals surface area contributed by atoms with E-state index in [1.165, 1.54) is 0 Å². The maximum absolute atomic E-state index is 4.87. The summed E-state index contributed by atoms with van der Waals surface area (Å²) in [7, 11) is 0. The van der Waals surface area contributed by atoms with Gasteiger partial charge in [0.05, 0.1) is 12.4 Å². The molecule has 42 heavy (non-hydrogen) atoms. The number of allylic oxidation sites excluding steroid dienone is 2. The number of aromatic nitrogens is 4. The lowest BCUT2D eigenvalue weighted by Crippen LogP contribution is -2.34. The van der Waals surface area contributed by atoms with Crippen molar-refractivity contribution >= 4 is 68.6 Å². The van der Waals surface area contributed by atoms with Crippen LogP contribution in [0, 0.1) is 0 Å². The van der Waals surface area contributed by atoms with Gasteiger partial charge in [0, 0.05) is 47.4 Å². The largest absolute Gasteiger partial charge is 0.339 e. The highest BCUT2D eigenvalue weighted by Crippen LogP contribution is 2.25. The molecule has 0 unspecified atom stereocenters. The van der Waals surface area contributed by atoms with E-state index in [2.05, 4.69) is 66.1 Å². The zero-order chi connectivity index (χ0) is 28.1. The molecule has 5 heterocycles. The van der Waals surface area contributed by atoms with Gasteiger partial charge in [-0.2, -0.15) is 9.13 Å². The predicted octanol–water partition coefficient (Wildman–Crippen LogP) is 6.30. The fourth-order valence-corrected chi connectivity index (χ4v) is 4.89. The maximum Gasteiger partial charge on any atom is 0.245 e. The first-order valence-electron chi connectivity index (χ1n) is 13.5. The molecular weight excluding hydrogens is 520 g/mol. The minimum atomic E-state index is 0.620. The number of nitrogens with zero attached hydrogens (tertiary/aromatic N) is 6. The minimum absolute atomic E-state index is 0.620. The van der Waals surface area contributed by atoms with E-state index in [1.54, 1.807) is 12.4 Å². The molecule has 0 amide bonds. The summed E-state index contributed by atoms with van der Waals surface area (Å²) < 4.78 is 4.17. The molecule has 8 nitrogen and oxygen atoms in total. The Morgan fingerprint density at radius 2 is 0.929 bits per heavy atom. The average molecular weight is 547 g/mol. The van der Waals surface area contributed by atoms with Crippen molar-refractivity contribution in [2.75, 3.05) is 10.6 Å². The van der Waals surface area contributed by atoms with E-state index in [1.807, 2.05) is 97.9 Å². The third-order valence-electron chi connectivity index (χ3n) is 6.93. The van der Waals surface area contributed by atoms with Crippen LogP contribution < -0.4 is 19.8 Å². The molecule has 2 aromatic carbocycles. The highest BCUT2D eigenvalue weighted by molar-refractivity contribution is 6.02. The van der Waals surface area contributed by atoms with Crippen LogP contribution in [0.5, 0.6) is 0 Å². The van der Waals surface area contributed by atoms with Gasteiger partial charge in [-0.1, -0.05) is 24.3 Å². The van der Waals surface area contributed by atoms with Crippen LogP contribution in [0.3, 0.4) is 0 Å². The van der Waals surface area contributed by atoms with Gasteiger partial charge in [0.1, 0.15) is 23.8 Å². The summed E-state index contributed by atoms with van der Waals surface area (Å²) in [5.41, 5.74) is 5.09. The fraction of sp³-hybridized carbons (Fsp3) is 0. The topological polar surface area (TPSA) is 82.3 Å². The van der Waals surface area contributed by atoms with Gasteiger partial charge in [-0.05, 0) is 48.5 Å². The molecule has 1 aliphatic heterocycles. The third-order valence-corrected chi connectivity index (χ3v) is 6.93. The lowest BCUT2D eigenvalue weighted by molar-refractivity contribution is -0.546. The highest BCUT2D eigenvalue weighted by atomic mass is 15.1. The summed E-state index contributed by atoms with van der Waals surface area (Å²) in [4.78, 5) is 18.9. The van der Waals surface area contributed by atoms with Crippen molar-refractivity contribution in [1.82, 2.24) is 9.97 Å². The number of benzene rings is 2. The Hall–Kier alpha value is -6.02. The Bertz CT molecular complexity index is 1900. The molecule has 0 spiro atoms. The summed E-state index contributed by atoms with van der Waals surface area (Å²) in [6.45, 7) is 0. The average Bonchev–Trinajstić information content (AvgIpc) is 3.05. The van der Waals surface area contributed by atoms with Gasteiger partial charge < -0.3 is 10.6 Å². The Morgan fingerprint density at radius 3 is 1.43 bits per heavy atom. The zero-order valence-corrected chi connectivity index (χ0v) is 22.5. The Morgan fingerprint density at radius 1 is 0.476 bits per heavy atom. The number of aliphatic imine (C=N–C) groups is 2. The minimum Gasteiger partial charge on any atom is -0.339 e. The van der Waals surface area contributed by atoms with E-state index in [-0.39, 0.29) is 0 Å². The molecular formula is C34H26N8+2. The first-order valence-corrected chi connectivity index (χ1v) is 13.5. The molecule has 0 saturated heterocycles. The summed E-state index contributed by atoms with van der Waals surface area (Å²) in [6, 6.07) is 32.3. The summed E-state index contributed by atoms with van der Waals surface area (Å²) in [5, 5.41) is 8.99. The second-order valence-electron chi connectivity index (χ2n) is 9.56. The van der Waals surface area contributed by atoms with Crippen molar-refractivity contribution in [1.29, 1.82) is 0 Å². The van der Waals surface area contributed by atoms with Crippen molar-refractivity contribution in [2.45, 2.75) is 0 Å². The molecule has 2 N–H and O–H groups in total. The van der Waals surface area contributed by atoms with Crippen LogP contribution in [-0.4, -0.2) is 22.4 Å². The molecule has 6 aromatic rings. The molecule has 0 fully saturated rings. The van der Waals surface area contributed by atoms with Crippen LogP contribution in [-0.2, 0) is 0 Å². The van der Waals surface area contributed by atoms with Crippen molar-refractivity contribution in [3.05, 3.63) is 134 Å². The van der Waals surface area contributed by atoms with Crippen LogP contribution in [0.1, 0.15) is 0 Å². The quantitative estimate of drug-likeness (QED) is 0.250. The lowest BCUT2D eigenvalue weighted by atomic mass is 10.2. The zero-order valence-electron chi connectivity index (χ0n) is 22.5. The first kappa shape index (κ1) is 25.0. The van der Waals surface area contributed by atoms with Crippen LogP contribution >= 0.6 is 0 Å². The van der Waals surface area contributed by atoms with Crippen LogP contribution in [0.2, 0.25) is 0 Å². The maximum atomic E-state index is 4.87. The molecule has 7 rings (SSSR count). The molecule has 8 heteroatoms. The number of hydrogen-bond donors (Lipinski definition) is 2. The van der Waals surface area contributed by atoms with E-state index < -0.39 is 0 Å². The van der Waals surface area contributed by atoms with Crippen molar-refractivity contribution in [2.24, 2.45) is 9.98 Å². The summed E-state index contributed by atoms with van der Waals surface area (Å²) in [6.07, 6.45) is 15.0. The number of hydrogen-bond acceptors (Lipinski definition) is 6. The number of para-hydroxylation sites is 2. The van der Waals surface area contributed by atoms with Crippen LogP contribution in [0.25, 0.3) is 33.2 Å². The van der Waals surface area contributed by atoms with Gasteiger partial charge in [-0.15, -0.1) is 0 Å². The van der Waals surface area contributed by atoms with Gasteiger partial charge in [0.15, 0.2) is 24.0 Å². The van der Waals surface area contributed by atoms with E-state index in [0.29, 0.717) is 23.0 Å². The normalized spacial score (nSPS) is 15.7. The van der Waals surface area contributed by atoms with Crippen LogP contribution in [0.4, 0.5) is 23.0 Å². The van der Waals surface area contributed by atoms with Gasteiger partial charge in [0.25, 0.3) is 0 Å². The number of fused-ring (bicyclic) bond motifs is 4. The Labute approximate surface area is 242 Å². The second-order valence-corrected chi connectivity index (χ2v) is 9.56. The Kier molecular flexibility index (Phi) is 6.68. The number of nitrogens with one attached hydrogen (secondary N) is 2. The van der Waals surface area contributed by atoms with Crippen LogP contribution in [0.15, 0.2) is 144 Å². The molecule has 4 aromatic heterocycles. The Balaban J connectivity index is 1.39. The van der Waals surface area contributed by atoms with E-state index in [0.717, 1.165) is 33.2 Å². The molecule has 0 saturated carbocycles. The molecule has 1 aliphatic rings. The van der Waals surface area contributed by atoms with Crippen molar-refractivity contribution in [3.63, 3.8) is 0 Å². The molecule has 0 radical (unpaired) electrons. The number of anilines is 2. The molecule has 200 valence electrons. The monoisotopic (exact) mass is 546 g/mol. The SMILES string of the molecule is C1=Nc2cccnc2N/C=C(/[n+]2cccc3ccccc32)C=Nc2cccnc2N/C=C\1[n+]1cccc2ccccc21. The summed E-state index contributed by atoms with van der Waals surface area (Å²) >= 11 is 0. The second kappa shape index (κ2) is 11.2. The predicted molar refractivity (Wildman–Crippen MR) is 169 cm³/mol. The molecule has 0 aliphatic carbocycles. The highest BCUT2D eigenvalue weighted by Gasteiger charge is 2.17. The number of pyridine rings is 4. The van der Waals surface area contributed by atoms with Gasteiger partial charge in [-0.25, -0.2) is 20.0 Å². The fourth-order valence-electron chi connectivity index (χ4n) is 4.89. The molecule has 0 bridgehead atoms. The molecule has 0 atom stereocenters. The first-order chi connectivity index (χ1) is 20.8. The number of rotatable bonds is 2. The smallest absolute Gasteiger partial charge is 0.245 e. The van der Waals surface area contributed by atoms with E-state index in [9.17, 15) is 0 Å². The van der Waals surface area contributed by atoms with Gasteiger partial charge in [0.2, 0.25) is 22.4 Å². The van der Waals surface area contributed by atoms with E-state index >= 15 is 0 Å².